The van der Waals surface area contributed by atoms with Crippen molar-refractivity contribution in [3.63, 3.8) is 0 Å². The summed E-state index contributed by atoms with van der Waals surface area (Å²) in [6, 6.07) is 15.0. The SMILES string of the molecule is O=C1Nc2ccccc2C1C1Nc2ccccc2/C1=N\OCCC(O)CO. The quantitative estimate of drug-likeness (QED) is 0.459. The van der Waals surface area contributed by atoms with Crippen molar-refractivity contribution in [1.29, 1.82) is 0 Å². The fourth-order valence-electron chi connectivity index (χ4n) is 3.54. The molecule has 3 unspecified atom stereocenters. The van der Waals surface area contributed by atoms with Crippen molar-refractivity contribution in [2.24, 2.45) is 5.16 Å². The average molecular weight is 367 g/mol. The molecule has 0 bridgehead atoms. The van der Waals surface area contributed by atoms with Crippen molar-refractivity contribution in [2.45, 2.75) is 24.5 Å². The Morgan fingerprint density at radius 1 is 1.11 bits per heavy atom. The molecule has 2 aliphatic rings. The first-order chi connectivity index (χ1) is 13.2. The van der Waals surface area contributed by atoms with E-state index in [2.05, 4.69) is 15.8 Å². The van der Waals surface area contributed by atoms with Crippen LogP contribution >= 0.6 is 0 Å². The lowest BCUT2D eigenvalue weighted by Gasteiger charge is -2.19. The highest BCUT2D eigenvalue weighted by molar-refractivity contribution is 6.18. The van der Waals surface area contributed by atoms with Gasteiger partial charge < -0.3 is 25.7 Å². The Morgan fingerprint density at radius 3 is 2.67 bits per heavy atom. The molecule has 2 heterocycles. The number of aliphatic hydroxyl groups excluding tert-OH is 2. The number of nitrogens with one attached hydrogen (secondary N) is 2. The van der Waals surface area contributed by atoms with Crippen LogP contribution in [-0.4, -0.2) is 47.2 Å². The molecule has 4 rings (SSSR count). The average Bonchev–Trinajstić information content (AvgIpc) is 3.21. The Kier molecular flexibility index (Phi) is 4.79. The van der Waals surface area contributed by atoms with Gasteiger partial charge in [0.15, 0.2) is 0 Å². The van der Waals surface area contributed by atoms with E-state index in [0.717, 1.165) is 22.5 Å². The van der Waals surface area contributed by atoms with Crippen LogP contribution in [0.5, 0.6) is 0 Å². The smallest absolute Gasteiger partial charge is 0.234 e. The summed E-state index contributed by atoms with van der Waals surface area (Å²) in [7, 11) is 0. The van der Waals surface area contributed by atoms with Gasteiger partial charge in [-0.3, -0.25) is 4.79 Å². The standard InChI is InChI=1S/C20H21N3O4/c24-11-12(25)9-10-27-23-18-14-6-2-4-8-16(14)21-19(18)17-13-5-1-3-7-15(13)22-20(17)26/h1-8,12,17,19,21,24-25H,9-11H2,(H,22,26)/b23-18+. The molecule has 140 valence electrons. The lowest BCUT2D eigenvalue weighted by molar-refractivity contribution is -0.117. The fraction of sp³-hybridized carbons (Fsp3) is 0.300. The molecule has 3 atom stereocenters. The monoisotopic (exact) mass is 367 g/mol. The van der Waals surface area contributed by atoms with E-state index in [1.807, 2.05) is 48.5 Å². The number of oxime groups is 1. The van der Waals surface area contributed by atoms with Gasteiger partial charge >= 0.3 is 0 Å². The van der Waals surface area contributed by atoms with Crippen molar-refractivity contribution in [2.75, 3.05) is 23.8 Å². The van der Waals surface area contributed by atoms with E-state index in [0.29, 0.717) is 5.71 Å². The van der Waals surface area contributed by atoms with Gasteiger partial charge in [0.05, 0.1) is 24.7 Å². The maximum absolute atomic E-state index is 12.7. The zero-order valence-electron chi connectivity index (χ0n) is 14.6. The third-order valence-electron chi connectivity index (χ3n) is 4.89. The molecule has 0 aliphatic carbocycles. The predicted molar refractivity (Wildman–Crippen MR) is 102 cm³/mol. The van der Waals surface area contributed by atoms with Crippen LogP contribution < -0.4 is 10.6 Å². The third kappa shape index (κ3) is 3.27. The molecule has 2 aliphatic heterocycles. The fourth-order valence-corrected chi connectivity index (χ4v) is 3.54. The van der Waals surface area contributed by atoms with Crippen LogP contribution in [0.25, 0.3) is 0 Å². The van der Waals surface area contributed by atoms with Gasteiger partial charge in [-0.15, -0.1) is 0 Å². The maximum atomic E-state index is 12.7. The maximum Gasteiger partial charge on any atom is 0.234 e. The second-order valence-electron chi connectivity index (χ2n) is 6.66. The summed E-state index contributed by atoms with van der Waals surface area (Å²) < 4.78 is 0. The number of rotatable bonds is 6. The minimum Gasteiger partial charge on any atom is -0.395 e. The van der Waals surface area contributed by atoms with Crippen molar-refractivity contribution >= 4 is 23.0 Å². The molecular formula is C20H21N3O4. The van der Waals surface area contributed by atoms with E-state index >= 15 is 0 Å². The van der Waals surface area contributed by atoms with E-state index in [9.17, 15) is 9.90 Å². The van der Waals surface area contributed by atoms with Crippen molar-refractivity contribution in [3.05, 3.63) is 59.7 Å². The summed E-state index contributed by atoms with van der Waals surface area (Å²) in [6.07, 6.45) is -0.553. The van der Waals surface area contributed by atoms with Gasteiger partial charge in [0, 0.05) is 23.4 Å². The van der Waals surface area contributed by atoms with Crippen LogP contribution in [0, 0.1) is 0 Å². The molecule has 0 spiro atoms. The molecular weight excluding hydrogens is 346 g/mol. The van der Waals surface area contributed by atoms with Crippen molar-refractivity contribution < 1.29 is 19.8 Å². The summed E-state index contributed by atoms with van der Waals surface area (Å²) in [4.78, 5) is 18.1. The second-order valence-corrected chi connectivity index (χ2v) is 6.66. The van der Waals surface area contributed by atoms with E-state index < -0.39 is 12.0 Å². The molecule has 0 radical (unpaired) electrons. The molecule has 0 saturated heterocycles. The first-order valence-corrected chi connectivity index (χ1v) is 8.93. The Labute approximate surface area is 156 Å². The first kappa shape index (κ1) is 17.5. The summed E-state index contributed by atoms with van der Waals surface area (Å²) in [5.74, 6) is -0.496. The van der Waals surface area contributed by atoms with E-state index in [-0.39, 0.29) is 31.6 Å². The number of fused-ring (bicyclic) bond motifs is 2. The van der Waals surface area contributed by atoms with E-state index in [4.69, 9.17) is 9.94 Å². The number of para-hydroxylation sites is 2. The molecule has 2 aromatic carbocycles. The van der Waals surface area contributed by atoms with Gasteiger partial charge in [-0.1, -0.05) is 41.6 Å². The molecule has 0 saturated carbocycles. The van der Waals surface area contributed by atoms with Crippen molar-refractivity contribution in [1.82, 2.24) is 0 Å². The number of anilines is 2. The number of nitrogens with zero attached hydrogens (tertiary/aromatic N) is 1. The summed E-state index contributed by atoms with van der Waals surface area (Å²) in [5.41, 5.74) is 4.19. The van der Waals surface area contributed by atoms with Crippen LogP contribution in [-0.2, 0) is 9.63 Å². The molecule has 2 aromatic rings. The highest BCUT2D eigenvalue weighted by Gasteiger charge is 2.43. The van der Waals surface area contributed by atoms with Gasteiger partial charge in [-0.2, -0.15) is 0 Å². The molecule has 0 aromatic heterocycles. The number of benzene rings is 2. The Bertz CT molecular complexity index is 883. The Morgan fingerprint density at radius 2 is 1.85 bits per heavy atom. The predicted octanol–water partition coefficient (Wildman–Crippen LogP) is 1.68. The van der Waals surface area contributed by atoms with Gasteiger partial charge in [0.2, 0.25) is 5.91 Å². The van der Waals surface area contributed by atoms with E-state index in [1.54, 1.807) is 0 Å². The summed E-state index contributed by atoms with van der Waals surface area (Å²) >= 11 is 0. The molecule has 0 fully saturated rings. The third-order valence-corrected chi connectivity index (χ3v) is 4.89. The Balaban J connectivity index is 1.63. The first-order valence-electron chi connectivity index (χ1n) is 8.93. The number of aliphatic hydroxyl groups is 2. The number of carbonyl (C=O) groups excluding carboxylic acids is 1. The largest absolute Gasteiger partial charge is 0.395 e. The highest BCUT2D eigenvalue weighted by Crippen LogP contribution is 2.40. The zero-order valence-corrected chi connectivity index (χ0v) is 14.6. The number of carbonyl (C=O) groups is 1. The topological polar surface area (TPSA) is 103 Å². The van der Waals surface area contributed by atoms with E-state index in [1.165, 1.54) is 0 Å². The number of hydrogen-bond acceptors (Lipinski definition) is 6. The van der Waals surface area contributed by atoms with Gasteiger partial charge in [-0.25, -0.2) is 0 Å². The zero-order chi connectivity index (χ0) is 18.8. The van der Waals surface area contributed by atoms with Crippen LogP contribution in [0.1, 0.15) is 23.5 Å². The highest BCUT2D eigenvalue weighted by atomic mass is 16.6. The van der Waals surface area contributed by atoms with Crippen LogP contribution in [0.2, 0.25) is 0 Å². The molecule has 7 heteroatoms. The van der Waals surface area contributed by atoms with Gasteiger partial charge in [0.1, 0.15) is 12.3 Å². The second kappa shape index (κ2) is 7.38. The molecule has 7 nitrogen and oxygen atoms in total. The molecule has 1 amide bonds. The lowest BCUT2D eigenvalue weighted by Crippen LogP contribution is -2.35. The van der Waals surface area contributed by atoms with Gasteiger partial charge in [-0.05, 0) is 17.7 Å². The minimum atomic E-state index is -0.831. The normalized spacial score (nSPS) is 22.7. The number of hydrogen-bond donors (Lipinski definition) is 4. The summed E-state index contributed by atoms with van der Waals surface area (Å²) in [5, 5.41) is 28.9. The summed E-state index contributed by atoms with van der Waals surface area (Å²) in [6.45, 7) is -0.139. The van der Waals surface area contributed by atoms with Crippen LogP contribution in [0.15, 0.2) is 53.7 Å². The van der Waals surface area contributed by atoms with Crippen molar-refractivity contribution in [3.8, 4) is 0 Å². The Hall–Kier alpha value is -2.90. The van der Waals surface area contributed by atoms with Crippen LogP contribution in [0.3, 0.4) is 0 Å². The molecule has 4 N–H and O–H groups in total. The minimum absolute atomic E-state index is 0.0788. The molecule has 27 heavy (non-hydrogen) atoms. The van der Waals surface area contributed by atoms with Crippen LogP contribution in [0.4, 0.5) is 11.4 Å². The van der Waals surface area contributed by atoms with Gasteiger partial charge in [0.25, 0.3) is 0 Å². The lowest BCUT2D eigenvalue weighted by atomic mass is 9.89. The number of amides is 1.